The monoisotopic (exact) mass is 385 g/mol. The predicted octanol–water partition coefficient (Wildman–Crippen LogP) is 2.36. The molecule has 0 radical (unpaired) electrons. The zero-order chi connectivity index (χ0) is 20.3. The first-order valence-electron chi connectivity index (χ1n) is 10.3. The van der Waals surface area contributed by atoms with Crippen molar-refractivity contribution >= 4 is 23.4 Å². The van der Waals surface area contributed by atoms with Crippen molar-refractivity contribution < 1.29 is 14.4 Å². The summed E-state index contributed by atoms with van der Waals surface area (Å²) >= 11 is 0. The van der Waals surface area contributed by atoms with Crippen LogP contribution in [0.4, 0.5) is 5.69 Å². The van der Waals surface area contributed by atoms with Crippen molar-refractivity contribution in [1.29, 1.82) is 0 Å². The van der Waals surface area contributed by atoms with E-state index in [4.69, 9.17) is 0 Å². The third-order valence-electron chi connectivity index (χ3n) is 5.68. The van der Waals surface area contributed by atoms with Gasteiger partial charge in [-0.05, 0) is 37.8 Å². The minimum Gasteiger partial charge on any atom is -0.356 e. The number of hydrogen-bond acceptors (Lipinski definition) is 3. The second-order valence-corrected chi connectivity index (χ2v) is 8.48. The minimum atomic E-state index is -0.292. The van der Waals surface area contributed by atoms with Gasteiger partial charge in [0, 0.05) is 44.2 Å². The molecule has 0 aromatic heterocycles. The van der Waals surface area contributed by atoms with Crippen LogP contribution in [0.1, 0.15) is 38.7 Å². The quantitative estimate of drug-likeness (QED) is 0.846. The number of anilines is 1. The number of carbonyl (C=O) groups excluding carboxylic acids is 3. The van der Waals surface area contributed by atoms with E-state index in [9.17, 15) is 14.4 Å². The van der Waals surface area contributed by atoms with E-state index in [0.29, 0.717) is 44.9 Å². The molecule has 6 heteroatoms. The van der Waals surface area contributed by atoms with Crippen LogP contribution >= 0.6 is 0 Å². The van der Waals surface area contributed by atoms with Gasteiger partial charge in [-0.2, -0.15) is 0 Å². The molecule has 1 aromatic rings. The van der Waals surface area contributed by atoms with Crippen LogP contribution in [0.25, 0.3) is 0 Å². The molecule has 3 rings (SSSR count). The fourth-order valence-corrected chi connectivity index (χ4v) is 3.92. The van der Waals surface area contributed by atoms with Crippen LogP contribution in [-0.4, -0.2) is 48.8 Å². The average Bonchev–Trinajstić information content (AvgIpc) is 3.08. The van der Waals surface area contributed by atoms with E-state index in [-0.39, 0.29) is 36.0 Å². The lowest BCUT2D eigenvalue weighted by Gasteiger charge is -2.33. The average molecular weight is 386 g/mol. The Morgan fingerprint density at radius 3 is 2.36 bits per heavy atom. The summed E-state index contributed by atoms with van der Waals surface area (Å²) in [5.74, 6) is 0.274. The van der Waals surface area contributed by atoms with Crippen LogP contribution in [0.15, 0.2) is 24.3 Å². The summed E-state index contributed by atoms with van der Waals surface area (Å²) in [6, 6.07) is 7.82. The zero-order valence-corrected chi connectivity index (χ0v) is 17.1. The van der Waals surface area contributed by atoms with Crippen LogP contribution in [-0.2, 0) is 14.4 Å². The highest BCUT2D eigenvalue weighted by Gasteiger charge is 2.38. The number of piperidine rings is 1. The molecule has 28 heavy (non-hydrogen) atoms. The Labute approximate surface area is 167 Å². The molecule has 2 aliphatic rings. The van der Waals surface area contributed by atoms with E-state index in [1.807, 2.05) is 36.1 Å². The van der Waals surface area contributed by atoms with Crippen LogP contribution in [0.5, 0.6) is 0 Å². The summed E-state index contributed by atoms with van der Waals surface area (Å²) in [4.78, 5) is 41.1. The van der Waals surface area contributed by atoms with Crippen molar-refractivity contribution in [1.82, 2.24) is 10.2 Å². The molecule has 3 amide bonds. The van der Waals surface area contributed by atoms with E-state index in [2.05, 4.69) is 19.2 Å². The Kier molecular flexibility index (Phi) is 6.37. The fraction of sp³-hybridized carbons (Fsp3) is 0.591. The molecular formula is C22H31N3O3. The first-order chi connectivity index (χ1) is 13.3. The maximum absolute atomic E-state index is 12.9. The minimum absolute atomic E-state index is 0.00477. The molecular weight excluding hydrogens is 354 g/mol. The molecule has 1 atom stereocenters. The van der Waals surface area contributed by atoms with Gasteiger partial charge in [0.15, 0.2) is 0 Å². The Morgan fingerprint density at radius 2 is 1.75 bits per heavy atom. The first-order valence-corrected chi connectivity index (χ1v) is 10.3. The lowest BCUT2D eigenvalue weighted by atomic mass is 9.94. The molecule has 2 aliphatic heterocycles. The van der Waals surface area contributed by atoms with Crippen LogP contribution in [0.2, 0.25) is 0 Å². The number of carbonyl (C=O) groups is 3. The summed E-state index contributed by atoms with van der Waals surface area (Å²) in [6.45, 7) is 8.47. The largest absolute Gasteiger partial charge is 0.356 e. The van der Waals surface area contributed by atoms with E-state index < -0.39 is 0 Å². The summed E-state index contributed by atoms with van der Waals surface area (Å²) < 4.78 is 0. The number of nitrogens with one attached hydrogen (secondary N) is 1. The lowest BCUT2D eigenvalue weighted by molar-refractivity contribution is -0.139. The lowest BCUT2D eigenvalue weighted by Crippen LogP contribution is -2.45. The second-order valence-electron chi connectivity index (χ2n) is 8.48. The zero-order valence-electron chi connectivity index (χ0n) is 17.1. The highest BCUT2D eigenvalue weighted by Crippen LogP contribution is 2.28. The molecule has 152 valence electrons. The van der Waals surface area contributed by atoms with Crippen molar-refractivity contribution in [3.63, 3.8) is 0 Å². The predicted molar refractivity (Wildman–Crippen MR) is 109 cm³/mol. The van der Waals surface area contributed by atoms with Crippen LogP contribution < -0.4 is 10.2 Å². The van der Waals surface area contributed by atoms with Gasteiger partial charge in [-0.3, -0.25) is 14.4 Å². The number of amides is 3. The Balaban J connectivity index is 1.52. The third kappa shape index (κ3) is 4.72. The molecule has 1 aromatic carbocycles. The topological polar surface area (TPSA) is 69.7 Å². The van der Waals surface area contributed by atoms with E-state index in [1.165, 1.54) is 0 Å². The standard InChI is InChI=1S/C22H31N3O3/c1-15(2)13-23-21(27)17-8-10-24(11-9-17)22(28)18-12-20(26)25(14-18)19-6-4-16(3)5-7-19/h4-7,15,17-18H,8-14H2,1-3H3,(H,23,27)/t18-/m1/s1. The molecule has 2 fully saturated rings. The van der Waals surface area contributed by atoms with Crippen molar-refractivity contribution in [3.05, 3.63) is 29.8 Å². The number of benzene rings is 1. The maximum Gasteiger partial charge on any atom is 0.228 e. The van der Waals surface area contributed by atoms with Crippen LogP contribution in [0.3, 0.4) is 0 Å². The molecule has 2 heterocycles. The van der Waals surface area contributed by atoms with Crippen molar-refractivity contribution in [2.45, 2.75) is 40.0 Å². The van der Waals surface area contributed by atoms with Crippen molar-refractivity contribution in [3.8, 4) is 0 Å². The van der Waals surface area contributed by atoms with E-state index >= 15 is 0 Å². The highest BCUT2D eigenvalue weighted by atomic mass is 16.2. The van der Waals surface area contributed by atoms with Gasteiger partial charge in [0.25, 0.3) is 0 Å². The van der Waals surface area contributed by atoms with Gasteiger partial charge in [0.05, 0.1) is 5.92 Å². The van der Waals surface area contributed by atoms with Gasteiger partial charge in [0.2, 0.25) is 17.7 Å². The molecule has 0 aliphatic carbocycles. The summed E-state index contributed by atoms with van der Waals surface area (Å²) in [5, 5.41) is 2.99. The Hall–Kier alpha value is -2.37. The summed E-state index contributed by atoms with van der Waals surface area (Å²) in [7, 11) is 0. The molecule has 0 unspecified atom stereocenters. The Bertz CT molecular complexity index is 721. The fourth-order valence-electron chi connectivity index (χ4n) is 3.92. The number of rotatable bonds is 5. The van der Waals surface area contributed by atoms with Gasteiger partial charge in [-0.15, -0.1) is 0 Å². The molecule has 0 spiro atoms. The number of hydrogen-bond donors (Lipinski definition) is 1. The van der Waals surface area contributed by atoms with Gasteiger partial charge in [0.1, 0.15) is 0 Å². The Morgan fingerprint density at radius 1 is 1.11 bits per heavy atom. The molecule has 2 saturated heterocycles. The van der Waals surface area contributed by atoms with Crippen molar-refractivity contribution in [2.24, 2.45) is 17.8 Å². The summed E-state index contributed by atoms with van der Waals surface area (Å²) in [6.07, 6.45) is 1.65. The third-order valence-corrected chi connectivity index (χ3v) is 5.68. The molecule has 0 bridgehead atoms. The van der Waals surface area contributed by atoms with Gasteiger partial charge in [-0.25, -0.2) is 0 Å². The smallest absolute Gasteiger partial charge is 0.228 e. The first kappa shape index (κ1) is 20.4. The van der Waals surface area contributed by atoms with Crippen LogP contribution in [0, 0.1) is 24.7 Å². The van der Waals surface area contributed by atoms with E-state index in [0.717, 1.165) is 11.3 Å². The highest BCUT2D eigenvalue weighted by molar-refractivity contribution is 6.00. The summed E-state index contributed by atoms with van der Waals surface area (Å²) in [5.41, 5.74) is 2.00. The molecule has 0 saturated carbocycles. The normalized spacial score (nSPS) is 20.7. The van der Waals surface area contributed by atoms with Gasteiger partial charge >= 0.3 is 0 Å². The van der Waals surface area contributed by atoms with Gasteiger partial charge < -0.3 is 15.1 Å². The van der Waals surface area contributed by atoms with E-state index in [1.54, 1.807) is 4.90 Å². The van der Waals surface area contributed by atoms with Crippen molar-refractivity contribution in [2.75, 3.05) is 31.1 Å². The molecule has 1 N–H and O–H groups in total. The SMILES string of the molecule is Cc1ccc(N2C[C@H](C(=O)N3CCC(C(=O)NCC(C)C)CC3)CC2=O)cc1. The number of likely N-dealkylation sites (tertiary alicyclic amines) is 1. The maximum atomic E-state index is 12.9. The molecule has 6 nitrogen and oxygen atoms in total. The second kappa shape index (κ2) is 8.76. The van der Waals surface area contributed by atoms with Gasteiger partial charge in [-0.1, -0.05) is 31.5 Å². The number of nitrogens with zero attached hydrogens (tertiary/aromatic N) is 2. The number of aryl methyl sites for hydroxylation is 1.